The average Bonchev–Trinajstić information content (AvgIpc) is 2.75. The van der Waals surface area contributed by atoms with Crippen molar-refractivity contribution in [1.82, 2.24) is 15.0 Å². The minimum atomic E-state index is 0.428. The van der Waals surface area contributed by atoms with E-state index in [-0.39, 0.29) is 0 Å². The summed E-state index contributed by atoms with van der Waals surface area (Å²) in [5, 5.41) is 3.82. The Morgan fingerprint density at radius 1 is 1.17 bits per heavy atom. The van der Waals surface area contributed by atoms with E-state index in [1.807, 2.05) is 13.0 Å². The summed E-state index contributed by atoms with van der Waals surface area (Å²) < 4.78 is 5.18. The first-order valence-corrected chi connectivity index (χ1v) is 6.22. The number of hydrogen-bond donors (Lipinski definition) is 0. The van der Waals surface area contributed by atoms with E-state index in [0.29, 0.717) is 24.3 Å². The van der Waals surface area contributed by atoms with Gasteiger partial charge in [0.25, 0.3) is 0 Å². The minimum absolute atomic E-state index is 0.428. The van der Waals surface area contributed by atoms with Crippen LogP contribution >= 0.6 is 0 Å². The van der Waals surface area contributed by atoms with Crippen molar-refractivity contribution in [1.29, 1.82) is 0 Å². The molecule has 1 heterocycles. The molecule has 96 valence electrons. The van der Waals surface area contributed by atoms with Gasteiger partial charge in [0.2, 0.25) is 5.89 Å². The van der Waals surface area contributed by atoms with Crippen molar-refractivity contribution in [2.24, 2.45) is 0 Å². The molecule has 0 aliphatic rings. The predicted octanol–water partition coefficient (Wildman–Crippen LogP) is 2.79. The van der Waals surface area contributed by atoms with Crippen LogP contribution in [0.4, 0.5) is 0 Å². The van der Waals surface area contributed by atoms with E-state index in [4.69, 9.17) is 4.52 Å². The molecule has 2 rings (SSSR count). The Kier molecular flexibility index (Phi) is 4.10. The van der Waals surface area contributed by atoms with E-state index in [2.05, 4.69) is 53.2 Å². The summed E-state index contributed by atoms with van der Waals surface area (Å²) in [6, 6.07) is 10.8. The lowest BCUT2D eigenvalue weighted by Crippen LogP contribution is -2.29. The summed E-state index contributed by atoms with van der Waals surface area (Å²) in [5.41, 5.74) is 1.29. The third-order valence-corrected chi connectivity index (χ3v) is 2.87. The monoisotopic (exact) mass is 245 g/mol. The minimum Gasteiger partial charge on any atom is -0.338 e. The maximum absolute atomic E-state index is 5.18. The zero-order valence-electron chi connectivity index (χ0n) is 11.1. The van der Waals surface area contributed by atoms with Gasteiger partial charge in [0, 0.05) is 12.6 Å². The summed E-state index contributed by atoms with van der Waals surface area (Å²) in [6.07, 6.45) is 0. The van der Waals surface area contributed by atoms with Gasteiger partial charge in [-0.3, -0.25) is 4.90 Å². The molecule has 0 amide bonds. The lowest BCUT2D eigenvalue weighted by atomic mass is 10.2. The molecule has 0 saturated heterocycles. The van der Waals surface area contributed by atoms with E-state index in [1.165, 1.54) is 5.56 Å². The lowest BCUT2D eigenvalue weighted by molar-refractivity contribution is 0.176. The third-order valence-electron chi connectivity index (χ3n) is 2.87. The van der Waals surface area contributed by atoms with Crippen molar-refractivity contribution >= 4 is 0 Å². The van der Waals surface area contributed by atoms with Crippen LogP contribution in [-0.2, 0) is 13.1 Å². The topological polar surface area (TPSA) is 42.2 Å². The number of nitrogens with zero attached hydrogens (tertiary/aromatic N) is 3. The maximum atomic E-state index is 5.18. The number of aromatic nitrogens is 2. The number of benzene rings is 1. The molecule has 0 aliphatic carbocycles. The van der Waals surface area contributed by atoms with Crippen molar-refractivity contribution < 1.29 is 4.52 Å². The highest BCUT2D eigenvalue weighted by molar-refractivity contribution is 5.14. The van der Waals surface area contributed by atoms with E-state index in [0.717, 1.165) is 6.54 Å². The highest BCUT2D eigenvalue weighted by Crippen LogP contribution is 2.12. The molecule has 0 unspecified atom stereocenters. The van der Waals surface area contributed by atoms with Gasteiger partial charge in [0.15, 0.2) is 5.82 Å². The van der Waals surface area contributed by atoms with Crippen LogP contribution in [-0.4, -0.2) is 21.1 Å². The quantitative estimate of drug-likeness (QED) is 0.812. The molecule has 0 spiro atoms. The molecular formula is C14H19N3O. The van der Waals surface area contributed by atoms with Gasteiger partial charge in [-0.05, 0) is 26.3 Å². The molecule has 0 N–H and O–H groups in total. The summed E-state index contributed by atoms with van der Waals surface area (Å²) in [5.74, 6) is 1.37. The zero-order chi connectivity index (χ0) is 13.0. The Hall–Kier alpha value is -1.68. The van der Waals surface area contributed by atoms with Crippen LogP contribution in [0.2, 0.25) is 0 Å². The van der Waals surface area contributed by atoms with Crippen LogP contribution < -0.4 is 0 Å². The molecular weight excluding hydrogens is 226 g/mol. The van der Waals surface area contributed by atoms with Gasteiger partial charge in [0.1, 0.15) is 0 Å². The standard InChI is InChI=1S/C14H19N3O/c1-11(2)17(9-13-7-5-4-6-8-13)10-14-15-12(3)16-18-14/h4-8,11H,9-10H2,1-3H3. The van der Waals surface area contributed by atoms with Crippen molar-refractivity contribution in [2.75, 3.05) is 0 Å². The van der Waals surface area contributed by atoms with E-state index < -0.39 is 0 Å². The SMILES string of the molecule is Cc1noc(CN(Cc2ccccc2)C(C)C)n1. The fourth-order valence-electron chi connectivity index (χ4n) is 1.82. The van der Waals surface area contributed by atoms with Crippen LogP contribution in [0.15, 0.2) is 34.9 Å². The third kappa shape index (κ3) is 3.40. The first kappa shape index (κ1) is 12.8. The summed E-state index contributed by atoms with van der Waals surface area (Å²) in [6.45, 7) is 7.76. The van der Waals surface area contributed by atoms with Crippen molar-refractivity contribution in [3.05, 3.63) is 47.6 Å². The molecule has 4 heteroatoms. The Morgan fingerprint density at radius 2 is 1.89 bits per heavy atom. The van der Waals surface area contributed by atoms with Gasteiger partial charge in [-0.1, -0.05) is 35.5 Å². The second kappa shape index (κ2) is 5.78. The normalized spacial score (nSPS) is 11.4. The zero-order valence-corrected chi connectivity index (χ0v) is 11.1. The van der Waals surface area contributed by atoms with Gasteiger partial charge in [-0.2, -0.15) is 4.98 Å². The Bertz CT molecular complexity index is 479. The lowest BCUT2D eigenvalue weighted by Gasteiger charge is -2.24. The van der Waals surface area contributed by atoms with Gasteiger partial charge >= 0.3 is 0 Å². The van der Waals surface area contributed by atoms with Crippen LogP contribution in [0.25, 0.3) is 0 Å². The molecule has 1 aromatic heterocycles. The highest BCUT2D eigenvalue weighted by Gasteiger charge is 2.14. The van der Waals surface area contributed by atoms with Crippen LogP contribution in [0, 0.1) is 6.92 Å². The molecule has 1 aromatic carbocycles. The van der Waals surface area contributed by atoms with E-state index in [1.54, 1.807) is 0 Å². The second-order valence-electron chi connectivity index (χ2n) is 4.72. The smallest absolute Gasteiger partial charge is 0.240 e. The van der Waals surface area contributed by atoms with Crippen molar-refractivity contribution in [2.45, 2.75) is 39.9 Å². The fourth-order valence-corrected chi connectivity index (χ4v) is 1.82. The largest absolute Gasteiger partial charge is 0.338 e. The molecule has 0 fully saturated rings. The summed E-state index contributed by atoms with van der Waals surface area (Å²) in [4.78, 5) is 6.56. The predicted molar refractivity (Wildman–Crippen MR) is 69.9 cm³/mol. The maximum Gasteiger partial charge on any atom is 0.240 e. The van der Waals surface area contributed by atoms with Crippen LogP contribution in [0.3, 0.4) is 0 Å². The second-order valence-corrected chi connectivity index (χ2v) is 4.72. The van der Waals surface area contributed by atoms with Crippen molar-refractivity contribution in [3.63, 3.8) is 0 Å². The van der Waals surface area contributed by atoms with Crippen LogP contribution in [0.5, 0.6) is 0 Å². The molecule has 18 heavy (non-hydrogen) atoms. The van der Waals surface area contributed by atoms with E-state index in [9.17, 15) is 0 Å². The molecule has 0 atom stereocenters. The Labute approximate surface area is 108 Å². The fraction of sp³-hybridized carbons (Fsp3) is 0.429. The van der Waals surface area contributed by atoms with Crippen molar-refractivity contribution in [3.8, 4) is 0 Å². The number of rotatable bonds is 5. The average molecular weight is 245 g/mol. The Morgan fingerprint density at radius 3 is 2.44 bits per heavy atom. The van der Waals surface area contributed by atoms with Gasteiger partial charge < -0.3 is 4.52 Å². The Balaban J connectivity index is 2.05. The molecule has 0 aliphatic heterocycles. The van der Waals surface area contributed by atoms with Crippen LogP contribution in [0.1, 0.15) is 31.1 Å². The first-order valence-electron chi connectivity index (χ1n) is 6.22. The van der Waals surface area contributed by atoms with Gasteiger partial charge in [-0.25, -0.2) is 0 Å². The molecule has 0 radical (unpaired) electrons. The van der Waals surface area contributed by atoms with Gasteiger partial charge in [-0.15, -0.1) is 0 Å². The molecule has 0 saturated carbocycles. The molecule has 2 aromatic rings. The summed E-state index contributed by atoms with van der Waals surface area (Å²) >= 11 is 0. The molecule has 4 nitrogen and oxygen atoms in total. The van der Waals surface area contributed by atoms with Gasteiger partial charge in [0.05, 0.1) is 6.54 Å². The number of hydrogen-bond acceptors (Lipinski definition) is 4. The highest BCUT2D eigenvalue weighted by atomic mass is 16.5. The molecule has 0 bridgehead atoms. The first-order chi connectivity index (χ1) is 8.65. The number of aryl methyl sites for hydroxylation is 1. The van der Waals surface area contributed by atoms with E-state index >= 15 is 0 Å². The summed E-state index contributed by atoms with van der Waals surface area (Å²) in [7, 11) is 0.